The van der Waals surface area contributed by atoms with Gasteiger partial charge in [0.05, 0.1) is 0 Å². The molecule has 2 saturated heterocycles. The van der Waals surface area contributed by atoms with Crippen molar-refractivity contribution >= 4 is 24.2 Å². The fourth-order valence-electron chi connectivity index (χ4n) is 4.88. The summed E-state index contributed by atoms with van der Waals surface area (Å²) in [5.74, 6) is 0.614. The first-order chi connectivity index (χ1) is 15.2. The summed E-state index contributed by atoms with van der Waals surface area (Å²) in [4.78, 5) is 28.1. The van der Waals surface area contributed by atoms with Crippen molar-refractivity contribution in [1.29, 1.82) is 0 Å². The number of carbonyl (C=O) groups excluding carboxylic acids is 2. The van der Waals surface area contributed by atoms with Crippen LogP contribution in [0.3, 0.4) is 0 Å². The van der Waals surface area contributed by atoms with Crippen LogP contribution < -0.4 is 10.6 Å². The number of carbonyl (C=O) groups is 2. The molecule has 2 amide bonds. The van der Waals surface area contributed by atoms with Gasteiger partial charge in [-0.3, -0.25) is 9.59 Å². The number of likely N-dealkylation sites (tertiary alicyclic amines) is 1. The van der Waals surface area contributed by atoms with E-state index >= 15 is 0 Å². The van der Waals surface area contributed by atoms with Crippen molar-refractivity contribution in [2.45, 2.75) is 44.1 Å². The molecule has 32 heavy (non-hydrogen) atoms. The second kappa shape index (κ2) is 12.0. The van der Waals surface area contributed by atoms with E-state index in [1.807, 2.05) is 41.3 Å². The van der Waals surface area contributed by atoms with E-state index in [4.69, 9.17) is 0 Å². The first-order valence-corrected chi connectivity index (χ1v) is 11.6. The van der Waals surface area contributed by atoms with E-state index in [1.165, 1.54) is 0 Å². The van der Waals surface area contributed by atoms with Crippen LogP contribution in [0.4, 0.5) is 0 Å². The molecule has 4 rings (SSSR count). The lowest BCUT2D eigenvalue weighted by atomic mass is 9.88. The van der Waals surface area contributed by atoms with Gasteiger partial charge in [-0.1, -0.05) is 60.7 Å². The number of benzene rings is 2. The molecular formula is C26H34ClN3O2. The summed E-state index contributed by atoms with van der Waals surface area (Å²) in [5.41, 5.74) is 2.27. The summed E-state index contributed by atoms with van der Waals surface area (Å²) in [6.45, 7) is 3.43. The average Bonchev–Trinajstić information content (AvgIpc) is 3.33. The predicted molar refractivity (Wildman–Crippen MR) is 130 cm³/mol. The smallest absolute Gasteiger partial charge is 0.242 e. The van der Waals surface area contributed by atoms with Crippen LogP contribution in [0.1, 0.15) is 49.1 Å². The van der Waals surface area contributed by atoms with E-state index in [1.54, 1.807) is 0 Å². The summed E-state index contributed by atoms with van der Waals surface area (Å²) < 4.78 is 0. The van der Waals surface area contributed by atoms with E-state index in [2.05, 4.69) is 34.9 Å². The highest BCUT2D eigenvalue weighted by atomic mass is 35.5. The molecule has 2 aromatic rings. The van der Waals surface area contributed by atoms with Crippen LogP contribution in [-0.4, -0.2) is 48.9 Å². The molecule has 2 N–H and O–H groups in total. The Balaban J connectivity index is 0.00000289. The van der Waals surface area contributed by atoms with E-state index in [0.717, 1.165) is 56.4 Å². The number of hydrogen-bond acceptors (Lipinski definition) is 3. The molecule has 1 atom stereocenters. The van der Waals surface area contributed by atoms with Crippen molar-refractivity contribution in [2.24, 2.45) is 5.92 Å². The largest absolute Gasteiger partial charge is 0.354 e. The average molecular weight is 456 g/mol. The highest BCUT2D eigenvalue weighted by Gasteiger charge is 2.35. The summed E-state index contributed by atoms with van der Waals surface area (Å²) in [6.07, 6.45) is 4.22. The lowest BCUT2D eigenvalue weighted by Crippen LogP contribution is -2.47. The van der Waals surface area contributed by atoms with Gasteiger partial charge >= 0.3 is 0 Å². The third kappa shape index (κ3) is 6.11. The Labute approximate surface area is 197 Å². The monoisotopic (exact) mass is 455 g/mol. The minimum Gasteiger partial charge on any atom is -0.354 e. The molecule has 2 aromatic carbocycles. The summed E-state index contributed by atoms with van der Waals surface area (Å²) in [6, 6.07) is 20.1. The highest BCUT2D eigenvalue weighted by molar-refractivity contribution is 5.88. The first-order valence-electron chi connectivity index (χ1n) is 11.6. The molecule has 172 valence electrons. The van der Waals surface area contributed by atoms with Gasteiger partial charge in [-0.2, -0.15) is 0 Å². The van der Waals surface area contributed by atoms with E-state index in [9.17, 15) is 9.59 Å². The highest BCUT2D eigenvalue weighted by Crippen LogP contribution is 2.30. The Morgan fingerprint density at radius 3 is 2.12 bits per heavy atom. The first kappa shape index (κ1) is 24.3. The van der Waals surface area contributed by atoms with Crippen molar-refractivity contribution in [2.75, 3.05) is 26.2 Å². The fourth-order valence-corrected chi connectivity index (χ4v) is 4.88. The van der Waals surface area contributed by atoms with E-state index in [0.29, 0.717) is 18.9 Å². The molecule has 0 aromatic heterocycles. The van der Waals surface area contributed by atoms with Crippen LogP contribution in [-0.2, 0) is 9.59 Å². The normalized spacial score (nSPS) is 18.9. The van der Waals surface area contributed by atoms with Crippen molar-refractivity contribution in [3.63, 3.8) is 0 Å². The number of halogens is 1. The molecule has 0 radical (unpaired) electrons. The molecule has 0 saturated carbocycles. The Morgan fingerprint density at radius 1 is 0.938 bits per heavy atom. The van der Waals surface area contributed by atoms with Gasteiger partial charge in [0.25, 0.3) is 0 Å². The summed E-state index contributed by atoms with van der Waals surface area (Å²) in [7, 11) is 0. The number of piperidine rings is 1. The van der Waals surface area contributed by atoms with Crippen LogP contribution in [0.2, 0.25) is 0 Å². The molecule has 0 spiro atoms. The zero-order chi connectivity index (χ0) is 21.5. The molecule has 5 nitrogen and oxygen atoms in total. The molecule has 0 aliphatic carbocycles. The second-order valence-electron chi connectivity index (χ2n) is 8.76. The van der Waals surface area contributed by atoms with Gasteiger partial charge in [-0.05, 0) is 55.8 Å². The lowest BCUT2D eigenvalue weighted by molar-refractivity contribution is -0.138. The SMILES string of the molecule is Cl.O=C(NCC1CCNCC1)[C@@H]1CCCN1C(=O)CC(c1ccccc1)c1ccccc1. The van der Waals surface area contributed by atoms with Crippen LogP contribution in [0.5, 0.6) is 0 Å². The number of hydrogen-bond donors (Lipinski definition) is 2. The quantitative estimate of drug-likeness (QED) is 0.668. The summed E-state index contributed by atoms with van der Waals surface area (Å²) >= 11 is 0. The third-order valence-corrected chi connectivity index (χ3v) is 6.68. The van der Waals surface area contributed by atoms with Gasteiger partial charge in [-0.25, -0.2) is 0 Å². The van der Waals surface area contributed by atoms with Crippen molar-refractivity contribution in [1.82, 2.24) is 15.5 Å². The van der Waals surface area contributed by atoms with Crippen LogP contribution in [0, 0.1) is 5.92 Å². The third-order valence-electron chi connectivity index (χ3n) is 6.68. The van der Waals surface area contributed by atoms with E-state index < -0.39 is 0 Å². The molecule has 2 aliphatic heterocycles. The van der Waals surface area contributed by atoms with E-state index in [-0.39, 0.29) is 36.2 Å². The molecular weight excluding hydrogens is 422 g/mol. The van der Waals surface area contributed by atoms with Gasteiger partial charge < -0.3 is 15.5 Å². The van der Waals surface area contributed by atoms with Crippen molar-refractivity contribution < 1.29 is 9.59 Å². The maximum Gasteiger partial charge on any atom is 0.242 e. The molecule has 2 heterocycles. The lowest BCUT2D eigenvalue weighted by Gasteiger charge is -2.28. The standard InChI is InChI=1S/C26H33N3O2.ClH/c30-25(18-23(21-8-3-1-4-9-21)22-10-5-2-6-11-22)29-17-7-12-24(29)26(31)28-19-20-13-15-27-16-14-20;/h1-6,8-11,20,23-24,27H,7,12-19H2,(H,28,31);1H/t24-;/m0./s1. The minimum atomic E-state index is -0.332. The second-order valence-corrected chi connectivity index (χ2v) is 8.76. The topological polar surface area (TPSA) is 61.4 Å². The van der Waals surface area contributed by atoms with Crippen LogP contribution in [0.25, 0.3) is 0 Å². The van der Waals surface area contributed by atoms with Gasteiger partial charge in [0, 0.05) is 25.4 Å². The Morgan fingerprint density at radius 2 is 1.53 bits per heavy atom. The zero-order valence-corrected chi connectivity index (χ0v) is 19.4. The molecule has 6 heteroatoms. The zero-order valence-electron chi connectivity index (χ0n) is 18.5. The Kier molecular flexibility index (Phi) is 9.12. The number of rotatable bonds is 7. The molecule has 2 aliphatic rings. The fraction of sp³-hybridized carbons (Fsp3) is 0.462. The van der Waals surface area contributed by atoms with Gasteiger partial charge in [-0.15, -0.1) is 12.4 Å². The molecule has 0 bridgehead atoms. The van der Waals surface area contributed by atoms with Gasteiger partial charge in [0.2, 0.25) is 11.8 Å². The molecule has 2 fully saturated rings. The van der Waals surface area contributed by atoms with Crippen LogP contribution >= 0.6 is 12.4 Å². The minimum absolute atomic E-state index is 0. The van der Waals surface area contributed by atoms with Crippen LogP contribution in [0.15, 0.2) is 60.7 Å². The Bertz CT molecular complexity index is 816. The number of amides is 2. The summed E-state index contributed by atoms with van der Waals surface area (Å²) in [5, 5.41) is 6.49. The van der Waals surface area contributed by atoms with Crippen molar-refractivity contribution in [3.8, 4) is 0 Å². The number of nitrogens with zero attached hydrogens (tertiary/aromatic N) is 1. The molecule has 0 unspecified atom stereocenters. The Hall–Kier alpha value is -2.37. The number of nitrogens with one attached hydrogen (secondary N) is 2. The maximum absolute atomic E-state index is 13.4. The maximum atomic E-state index is 13.4. The van der Waals surface area contributed by atoms with Gasteiger partial charge in [0.15, 0.2) is 0 Å². The van der Waals surface area contributed by atoms with Crippen molar-refractivity contribution in [3.05, 3.63) is 71.8 Å². The predicted octanol–water partition coefficient (Wildman–Crippen LogP) is 3.74. The van der Waals surface area contributed by atoms with Gasteiger partial charge in [0.1, 0.15) is 6.04 Å².